The van der Waals surface area contributed by atoms with Gasteiger partial charge in [0.2, 0.25) is 0 Å². The summed E-state index contributed by atoms with van der Waals surface area (Å²) in [5.41, 5.74) is 0. The number of thioether (sulfide) groups is 1. The van der Waals surface area contributed by atoms with E-state index in [1.54, 1.807) is 18.9 Å². The molecule has 5 nitrogen and oxygen atoms in total. The normalized spacial score (nSPS) is 11.1. The highest BCUT2D eigenvalue weighted by molar-refractivity contribution is 14.0. The van der Waals surface area contributed by atoms with Gasteiger partial charge in [-0.1, -0.05) is 0 Å². The van der Waals surface area contributed by atoms with Crippen LogP contribution in [0.15, 0.2) is 34.2 Å². The number of unbranched alkanes of at least 4 members (excludes halogenated alkanes) is 1. The first-order valence-electron chi connectivity index (χ1n) is 9.23. The minimum atomic E-state index is -0.193. The number of guanidine groups is 1. The molecule has 0 unspecified atom stereocenters. The second-order valence-corrected chi connectivity index (χ2v) is 6.82. The zero-order valence-corrected chi connectivity index (χ0v) is 19.5. The van der Waals surface area contributed by atoms with Gasteiger partial charge in [-0.05, 0) is 56.2 Å². The lowest BCUT2D eigenvalue weighted by Crippen LogP contribution is -2.38. The number of hydrogen-bond donors (Lipinski definition) is 2. The predicted molar refractivity (Wildman–Crippen MR) is 123 cm³/mol. The van der Waals surface area contributed by atoms with Gasteiger partial charge in [0.1, 0.15) is 5.82 Å². The molecule has 0 aliphatic rings. The summed E-state index contributed by atoms with van der Waals surface area (Å²) in [4.78, 5) is 5.68. The number of nitrogens with one attached hydrogen (secondary N) is 2. The molecule has 0 atom stereocenters. The highest BCUT2D eigenvalue weighted by Crippen LogP contribution is 2.18. The molecule has 1 aromatic rings. The zero-order chi connectivity index (χ0) is 18.9. The fraction of sp³-hybridized carbons (Fsp3) is 0.632. The van der Waals surface area contributed by atoms with Crippen molar-refractivity contribution in [2.45, 2.75) is 31.1 Å². The van der Waals surface area contributed by atoms with Crippen LogP contribution in [0.3, 0.4) is 0 Å². The van der Waals surface area contributed by atoms with Crippen molar-refractivity contribution in [2.24, 2.45) is 4.99 Å². The molecule has 0 radical (unpaired) electrons. The molecule has 0 amide bonds. The van der Waals surface area contributed by atoms with E-state index in [0.29, 0.717) is 13.2 Å². The Hall–Kier alpha value is -0.580. The summed E-state index contributed by atoms with van der Waals surface area (Å²) < 4.78 is 23.2. The molecule has 0 saturated carbocycles. The summed E-state index contributed by atoms with van der Waals surface area (Å²) in [6, 6.07) is 6.62. The molecule has 1 rings (SSSR count). The number of nitrogens with zero attached hydrogens (tertiary/aromatic N) is 1. The van der Waals surface area contributed by atoms with Gasteiger partial charge in [0.15, 0.2) is 5.96 Å². The number of ether oxygens (including phenoxy) is 2. The van der Waals surface area contributed by atoms with Crippen molar-refractivity contribution in [3.63, 3.8) is 0 Å². The first-order chi connectivity index (χ1) is 12.8. The van der Waals surface area contributed by atoms with E-state index in [4.69, 9.17) is 9.47 Å². The molecule has 2 N–H and O–H groups in total. The van der Waals surface area contributed by atoms with Gasteiger partial charge in [0, 0.05) is 38.2 Å². The third-order valence-electron chi connectivity index (χ3n) is 3.44. The van der Waals surface area contributed by atoms with E-state index in [1.807, 2.05) is 12.1 Å². The number of aliphatic imine (C=N–C) groups is 1. The van der Waals surface area contributed by atoms with Crippen LogP contribution in [0, 0.1) is 5.82 Å². The van der Waals surface area contributed by atoms with E-state index >= 15 is 0 Å². The van der Waals surface area contributed by atoms with Crippen LogP contribution in [-0.2, 0) is 9.47 Å². The number of hydrogen-bond acceptors (Lipinski definition) is 4. The average Bonchev–Trinajstić information content (AvgIpc) is 2.65. The highest BCUT2D eigenvalue weighted by Gasteiger charge is 1.98. The lowest BCUT2D eigenvalue weighted by molar-refractivity contribution is 0.0689. The van der Waals surface area contributed by atoms with Crippen molar-refractivity contribution in [1.82, 2.24) is 10.6 Å². The van der Waals surface area contributed by atoms with E-state index in [0.717, 1.165) is 62.1 Å². The minimum Gasteiger partial charge on any atom is -0.382 e. The fourth-order valence-electron chi connectivity index (χ4n) is 2.10. The Morgan fingerprint density at radius 1 is 1.07 bits per heavy atom. The van der Waals surface area contributed by atoms with Gasteiger partial charge in [-0.3, -0.25) is 4.99 Å². The SMILES string of the molecule is CCNC(=NCCCSc1ccc(F)cc1)NCCCCOCCOC.I. The van der Waals surface area contributed by atoms with Crippen LogP contribution in [0.2, 0.25) is 0 Å². The van der Waals surface area contributed by atoms with Crippen LogP contribution >= 0.6 is 35.7 Å². The van der Waals surface area contributed by atoms with Crippen LogP contribution in [0.25, 0.3) is 0 Å². The van der Waals surface area contributed by atoms with Crippen LogP contribution in [0.1, 0.15) is 26.2 Å². The molecule has 0 aliphatic heterocycles. The van der Waals surface area contributed by atoms with Crippen molar-refractivity contribution in [3.8, 4) is 0 Å². The molecular formula is C19H33FIN3O2S. The Labute approximate surface area is 184 Å². The molecule has 0 saturated heterocycles. The molecule has 27 heavy (non-hydrogen) atoms. The molecule has 0 aliphatic carbocycles. The molecule has 0 heterocycles. The fourth-order valence-corrected chi connectivity index (χ4v) is 2.94. The second kappa shape index (κ2) is 18.8. The quantitative estimate of drug-likeness (QED) is 0.130. The summed E-state index contributed by atoms with van der Waals surface area (Å²) >= 11 is 1.73. The Kier molecular flexibility index (Phi) is 18.4. The molecule has 0 fully saturated rings. The van der Waals surface area contributed by atoms with Gasteiger partial charge in [0.25, 0.3) is 0 Å². The number of methoxy groups -OCH3 is 1. The standard InChI is InChI=1S/C19H32FN3O2S.HI/c1-3-21-19(22-11-4-5-13-25-15-14-24-2)23-12-6-16-26-18-9-7-17(20)8-10-18;/h7-10H,3-6,11-16H2,1-2H3,(H2,21,22,23);1H. The maximum atomic E-state index is 12.9. The third kappa shape index (κ3) is 15.1. The minimum absolute atomic E-state index is 0. The van der Waals surface area contributed by atoms with Gasteiger partial charge in [-0.2, -0.15) is 0 Å². The van der Waals surface area contributed by atoms with Crippen molar-refractivity contribution in [1.29, 1.82) is 0 Å². The van der Waals surface area contributed by atoms with Crippen molar-refractivity contribution >= 4 is 41.7 Å². The van der Waals surface area contributed by atoms with Gasteiger partial charge >= 0.3 is 0 Å². The summed E-state index contributed by atoms with van der Waals surface area (Å²) in [7, 11) is 1.68. The summed E-state index contributed by atoms with van der Waals surface area (Å²) in [5.74, 6) is 1.63. The van der Waals surface area contributed by atoms with E-state index in [1.165, 1.54) is 12.1 Å². The van der Waals surface area contributed by atoms with Crippen molar-refractivity contribution < 1.29 is 13.9 Å². The molecule has 1 aromatic carbocycles. The Morgan fingerprint density at radius 2 is 1.85 bits per heavy atom. The van der Waals surface area contributed by atoms with Crippen LogP contribution in [-0.4, -0.2) is 58.3 Å². The van der Waals surface area contributed by atoms with Gasteiger partial charge < -0.3 is 20.1 Å². The Bertz CT molecular complexity index is 492. The van der Waals surface area contributed by atoms with E-state index in [-0.39, 0.29) is 29.8 Å². The summed E-state index contributed by atoms with van der Waals surface area (Å²) in [6.07, 6.45) is 3.04. The maximum Gasteiger partial charge on any atom is 0.191 e. The van der Waals surface area contributed by atoms with E-state index in [9.17, 15) is 4.39 Å². The van der Waals surface area contributed by atoms with E-state index < -0.39 is 0 Å². The highest BCUT2D eigenvalue weighted by atomic mass is 127. The monoisotopic (exact) mass is 513 g/mol. The van der Waals surface area contributed by atoms with Crippen LogP contribution < -0.4 is 10.6 Å². The smallest absolute Gasteiger partial charge is 0.191 e. The molecule has 156 valence electrons. The Balaban J connectivity index is 0.00000676. The predicted octanol–water partition coefficient (Wildman–Crippen LogP) is 3.92. The van der Waals surface area contributed by atoms with Gasteiger partial charge in [-0.25, -0.2) is 4.39 Å². The number of halogens is 2. The summed E-state index contributed by atoms with van der Waals surface area (Å²) in [6.45, 7) is 6.62. The molecular weight excluding hydrogens is 480 g/mol. The topological polar surface area (TPSA) is 54.9 Å². The lowest BCUT2D eigenvalue weighted by Gasteiger charge is -2.11. The Morgan fingerprint density at radius 3 is 2.56 bits per heavy atom. The largest absolute Gasteiger partial charge is 0.382 e. The molecule has 0 spiro atoms. The van der Waals surface area contributed by atoms with Crippen LogP contribution in [0.5, 0.6) is 0 Å². The molecule has 0 bridgehead atoms. The van der Waals surface area contributed by atoms with Crippen LogP contribution in [0.4, 0.5) is 4.39 Å². The number of benzene rings is 1. The number of rotatable bonds is 14. The van der Waals surface area contributed by atoms with Crippen molar-refractivity contribution in [3.05, 3.63) is 30.1 Å². The maximum absolute atomic E-state index is 12.9. The molecule has 0 aromatic heterocycles. The third-order valence-corrected chi connectivity index (χ3v) is 4.54. The molecule has 8 heteroatoms. The zero-order valence-electron chi connectivity index (χ0n) is 16.3. The second-order valence-electron chi connectivity index (χ2n) is 5.66. The first kappa shape index (κ1) is 26.4. The first-order valence-corrected chi connectivity index (χ1v) is 10.2. The van der Waals surface area contributed by atoms with Gasteiger partial charge in [0.05, 0.1) is 13.2 Å². The lowest BCUT2D eigenvalue weighted by atomic mass is 10.3. The van der Waals surface area contributed by atoms with Gasteiger partial charge in [-0.15, -0.1) is 35.7 Å². The van der Waals surface area contributed by atoms with Crippen molar-refractivity contribution in [2.75, 3.05) is 52.3 Å². The van der Waals surface area contributed by atoms with E-state index in [2.05, 4.69) is 22.5 Å². The average molecular weight is 513 g/mol. The summed E-state index contributed by atoms with van der Waals surface area (Å²) in [5, 5.41) is 6.61.